The number of amides is 1. The smallest absolute Gasteiger partial charge is 0.255 e. The lowest BCUT2D eigenvalue weighted by Crippen LogP contribution is -2.44. The van der Waals surface area contributed by atoms with E-state index in [4.69, 9.17) is 14.2 Å². The van der Waals surface area contributed by atoms with E-state index < -0.39 is 0 Å². The lowest BCUT2D eigenvalue weighted by molar-refractivity contribution is 0.0905. The molecule has 1 fully saturated rings. The van der Waals surface area contributed by atoms with Crippen molar-refractivity contribution in [2.75, 3.05) is 34.4 Å². The number of nitrogens with one attached hydrogen (secondary N) is 1. The molecular weight excluding hydrogens is 375 g/mol. The molecule has 156 valence electrons. The highest BCUT2D eigenvalue weighted by Crippen LogP contribution is 2.39. The van der Waals surface area contributed by atoms with Crippen LogP contribution in [-0.4, -0.2) is 51.3 Å². The molecule has 0 radical (unpaired) electrons. The third kappa shape index (κ3) is 4.98. The van der Waals surface area contributed by atoms with Gasteiger partial charge in [0, 0.05) is 25.7 Å². The number of piperidine rings is 1. The zero-order valence-corrected chi connectivity index (χ0v) is 17.0. The van der Waals surface area contributed by atoms with Crippen molar-refractivity contribution in [3.05, 3.63) is 53.3 Å². The minimum absolute atomic E-state index is 0.0878. The molecule has 0 spiro atoms. The number of rotatable bonds is 7. The Labute approximate surface area is 170 Å². The molecule has 7 heteroatoms. The lowest BCUT2D eigenvalue weighted by atomic mass is 10.0. The summed E-state index contributed by atoms with van der Waals surface area (Å²) in [5.74, 6) is 0.852. The van der Waals surface area contributed by atoms with Gasteiger partial charge in [-0.2, -0.15) is 0 Å². The van der Waals surface area contributed by atoms with Gasteiger partial charge in [0.05, 0.1) is 26.9 Å². The van der Waals surface area contributed by atoms with Gasteiger partial charge in [-0.3, -0.25) is 9.69 Å². The van der Waals surface area contributed by atoms with Gasteiger partial charge in [0.15, 0.2) is 11.5 Å². The second kappa shape index (κ2) is 9.60. The quantitative estimate of drug-likeness (QED) is 0.771. The maximum Gasteiger partial charge on any atom is 0.255 e. The fourth-order valence-electron chi connectivity index (χ4n) is 3.63. The SMILES string of the molecule is COc1ccc(C(=O)NC2CCN(Cc3ccc(F)cc3)CC2)c(OC)c1OC. The fourth-order valence-corrected chi connectivity index (χ4v) is 3.63. The summed E-state index contributed by atoms with van der Waals surface area (Å²) in [5, 5.41) is 3.10. The summed E-state index contributed by atoms with van der Waals surface area (Å²) >= 11 is 0. The van der Waals surface area contributed by atoms with Crippen LogP contribution in [0.1, 0.15) is 28.8 Å². The van der Waals surface area contributed by atoms with Gasteiger partial charge in [0.2, 0.25) is 5.75 Å². The predicted molar refractivity (Wildman–Crippen MR) is 108 cm³/mol. The Morgan fingerprint density at radius 2 is 1.66 bits per heavy atom. The van der Waals surface area contributed by atoms with E-state index in [0.717, 1.165) is 38.0 Å². The highest BCUT2D eigenvalue weighted by atomic mass is 19.1. The maximum absolute atomic E-state index is 13.0. The van der Waals surface area contributed by atoms with Gasteiger partial charge in [-0.25, -0.2) is 4.39 Å². The van der Waals surface area contributed by atoms with E-state index in [1.165, 1.54) is 33.5 Å². The molecule has 1 N–H and O–H groups in total. The van der Waals surface area contributed by atoms with Crippen LogP contribution in [0.25, 0.3) is 0 Å². The second-order valence-electron chi connectivity index (χ2n) is 7.03. The monoisotopic (exact) mass is 402 g/mol. The van der Waals surface area contributed by atoms with Crippen molar-refractivity contribution in [3.8, 4) is 17.2 Å². The van der Waals surface area contributed by atoms with E-state index in [1.807, 2.05) is 12.1 Å². The third-order valence-corrected chi connectivity index (χ3v) is 5.19. The van der Waals surface area contributed by atoms with Gasteiger partial charge >= 0.3 is 0 Å². The summed E-state index contributed by atoms with van der Waals surface area (Å²) in [6, 6.07) is 10.1. The minimum atomic E-state index is -0.222. The van der Waals surface area contributed by atoms with Crippen LogP contribution in [0, 0.1) is 5.82 Å². The van der Waals surface area contributed by atoms with Crippen molar-refractivity contribution < 1.29 is 23.4 Å². The highest BCUT2D eigenvalue weighted by Gasteiger charge is 2.25. The number of ether oxygens (including phenoxy) is 3. The molecule has 1 aliphatic heterocycles. The number of methoxy groups -OCH3 is 3. The first-order chi connectivity index (χ1) is 14.0. The number of hydrogen-bond donors (Lipinski definition) is 1. The van der Waals surface area contributed by atoms with Crippen molar-refractivity contribution in [2.24, 2.45) is 0 Å². The first-order valence-electron chi connectivity index (χ1n) is 9.62. The molecule has 3 rings (SSSR count). The van der Waals surface area contributed by atoms with Crippen LogP contribution in [0.3, 0.4) is 0 Å². The Kier molecular flexibility index (Phi) is 6.93. The Bertz CT molecular complexity index is 833. The Morgan fingerprint density at radius 1 is 1.00 bits per heavy atom. The number of carbonyl (C=O) groups is 1. The summed E-state index contributed by atoms with van der Waals surface area (Å²) in [6.07, 6.45) is 1.70. The van der Waals surface area contributed by atoms with Crippen LogP contribution in [0.15, 0.2) is 36.4 Å². The second-order valence-corrected chi connectivity index (χ2v) is 7.03. The molecule has 1 heterocycles. The number of nitrogens with zero attached hydrogens (tertiary/aromatic N) is 1. The molecular formula is C22H27FN2O4. The number of hydrogen-bond acceptors (Lipinski definition) is 5. The molecule has 0 unspecified atom stereocenters. The van der Waals surface area contributed by atoms with E-state index in [1.54, 1.807) is 12.1 Å². The highest BCUT2D eigenvalue weighted by molar-refractivity contribution is 5.98. The average molecular weight is 402 g/mol. The zero-order valence-electron chi connectivity index (χ0n) is 17.0. The van der Waals surface area contributed by atoms with Crippen LogP contribution in [-0.2, 0) is 6.54 Å². The lowest BCUT2D eigenvalue weighted by Gasteiger charge is -2.32. The van der Waals surface area contributed by atoms with Crippen molar-refractivity contribution in [2.45, 2.75) is 25.4 Å². The van der Waals surface area contributed by atoms with Gasteiger partial charge in [-0.15, -0.1) is 0 Å². The summed E-state index contributed by atoms with van der Waals surface area (Å²) in [7, 11) is 4.55. The largest absolute Gasteiger partial charge is 0.493 e. The average Bonchev–Trinajstić information content (AvgIpc) is 2.75. The van der Waals surface area contributed by atoms with Gasteiger partial charge in [0.1, 0.15) is 5.82 Å². The Morgan fingerprint density at radius 3 is 2.24 bits per heavy atom. The standard InChI is InChI=1S/C22H27FN2O4/c1-27-19-9-8-18(20(28-2)21(19)29-3)22(26)24-17-10-12-25(13-11-17)14-15-4-6-16(23)7-5-15/h4-9,17H,10-14H2,1-3H3,(H,24,26). The number of halogens is 1. The first-order valence-corrected chi connectivity index (χ1v) is 9.62. The summed E-state index contributed by atoms with van der Waals surface area (Å²) in [6.45, 7) is 2.52. The molecule has 0 aliphatic carbocycles. The number of likely N-dealkylation sites (tertiary alicyclic amines) is 1. The first kappa shape index (κ1) is 20.9. The molecule has 2 aromatic rings. The molecule has 1 saturated heterocycles. The van der Waals surface area contributed by atoms with Crippen LogP contribution in [0.5, 0.6) is 17.2 Å². The summed E-state index contributed by atoms with van der Waals surface area (Å²) in [5.41, 5.74) is 1.50. The molecule has 0 aromatic heterocycles. The molecule has 0 bridgehead atoms. The van der Waals surface area contributed by atoms with Crippen molar-refractivity contribution >= 4 is 5.91 Å². The molecule has 29 heavy (non-hydrogen) atoms. The van der Waals surface area contributed by atoms with E-state index in [9.17, 15) is 9.18 Å². The summed E-state index contributed by atoms with van der Waals surface area (Å²) in [4.78, 5) is 15.1. The zero-order chi connectivity index (χ0) is 20.8. The van der Waals surface area contributed by atoms with E-state index in [2.05, 4.69) is 10.2 Å². The minimum Gasteiger partial charge on any atom is -0.493 e. The van der Waals surface area contributed by atoms with Crippen LogP contribution < -0.4 is 19.5 Å². The van der Waals surface area contributed by atoms with E-state index in [0.29, 0.717) is 22.8 Å². The molecule has 1 aliphatic rings. The Balaban J connectivity index is 1.59. The fraction of sp³-hybridized carbons (Fsp3) is 0.409. The predicted octanol–water partition coefficient (Wildman–Crippen LogP) is 3.25. The van der Waals surface area contributed by atoms with Gasteiger partial charge < -0.3 is 19.5 Å². The molecule has 1 amide bonds. The summed E-state index contributed by atoms with van der Waals surface area (Å²) < 4.78 is 29.1. The number of carbonyl (C=O) groups excluding carboxylic acids is 1. The van der Waals surface area contributed by atoms with Crippen molar-refractivity contribution in [3.63, 3.8) is 0 Å². The topological polar surface area (TPSA) is 60.0 Å². The number of benzene rings is 2. The van der Waals surface area contributed by atoms with E-state index >= 15 is 0 Å². The van der Waals surface area contributed by atoms with Crippen molar-refractivity contribution in [1.82, 2.24) is 10.2 Å². The van der Waals surface area contributed by atoms with E-state index in [-0.39, 0.29) is 17.8 Å². The van der Waals surface area contributed by atoms with Crippen LogP contribution in [0.2, 0.25) is 0 Å². The van der Waals surface area contributed by atoms with Crippen LogP contribution in [0.4, 0.5) is 4.39 Å². The van der Waals surface area contributed by atoms with Gasteiger partial charge in [-0.1, -0.05) is 12.1 Å². The Hall–Kier alpha value is -2.80. The normalized spacial score (nSPS) is 15.0. The molecule has 0 atom stereocenters. The van der Waals surface area contributed by atoms with Crippen LogP contribution >= 0.6 is 0 Å². The molecule has 0 saturated carbocycles. The maximum atomic E-state index is 13.0. The van der Waals surface area contributed by atoms with Gasteiger partial charge in [-0.05, 0) is 42.7 Å². The molecule has 2 aromatic carbocycles. The third-order valence-electron chi connectivity index (χ3n) is 5.19. The molecule has 6 nitrogen and oxygen atoms in total. The van der Waals surface area contributed by atoms with Gasteiger partial charge in [0.25, 0.3) is 5.91 Å². The van der Waals surface area contributed by atoms with Crippen molar-refractivity contribution in [1.29, 1.82) is 0 Å².